The summed E-state index contributed by atoms with van der Waals surface area (Å²) in [6.45, 7) is 1.86. The van der Waals surface area contributed by atoms with Gasteiger partial charge in [0.1, 0.15) is 11.5 Å². The first-order valence-corrected chi connectivity index (χ1v) is 7.75. The van der Waals surface area contributed by atoms with Gasteiger partial charge in [-0.2, -0.15) is 0 Å². The second-order valence-electron chi connectivity index (χ2n) is 4.32. The zero-order valence-corrected chi connectivity index (χ0v) is 13.3. The Balaban J connectivity index is 1.80. The molecule has 7 heteroatoms. The van der Waals surface area contributed by atoms with Gasteiger partial charge in [0, 0.05) is 11.8 Å². The van der Waals surface area contributed by atoms with Gasteiger partial charge in [0.2, 0.25) is 5.91 Å². The molecule has 0 spiro atoms. The number of carbonyl (C=O) groups is 1. The molecule has 1 heterocycles. The molecule has 5 nitrogen and oxygen atoms in total. The van der Waals surface area contributed by atoms with Crippen molar-refractivity contribution in [2.75, 3.05) is 18.2 Å². The number of anilines is 1. The van der Waals surface area contributed by atoms with E-state index in [4.69, 9.17) is 20.9 Å². The Morgan fingerprint density at radius 2 is 2.29 bits per heavy atom. The Kier molecular flexibility index (Phi) is 5.52. The van der Waals surface area contributed by atoms with Crippen LogP contribution in [0.2, 0.25) is 5.02 Å². The molecule has 21 heavy (non-hydrogen) atoms. The van der Waals surface area contributed by atoms with Crippen LogP contribution in [0.4, 0.5) is 5.69 Å². The number of halogens is 1. The third-order valence-corrected chi connectivity index (χ3v) is 3.84. The Labute approximate surface area is 132 Å². The van der Waals surface area contributed by atoms with Crippen LogP contribution >= 0.6 is 23.4 Å². The molecule has 0 aliphatic carbocycles. The second-order valence-corrected chi connectivity index (χ2v) is 5.72. The predicted octanol–water partition coefficient (Wildman–Crippen LogP) is 3.52. The number of aromatic nitrogens is 1. The molecule has 0 unspecified atom stereocenters. The van der Waals surface area contributed by atoms with Crippen molar-refractivity contribution in [2.45, 2.75) is 12.7 Å². The topological polar surface area (TPSA) is 64.4 Å². The number of nitrogens with one attached hydrogen (secondary N) is 1. The summed E-state index contributed by atoms with van der Waals surface area (Å²) in [5.74, 6) is 2.17. The van der Waals surface area contributed by atoms with Gasteiger partial charge in [-0.15, -0.1) is 11.8 Å². The van der Waals surface area contributed by atoms with Gasteiger partial charge in [0.15, 0.2) is 0 Å². The molecular weight excluding hydrogens is 312 g/mol. The summed E-state index contributed by atoms with van der Waals surface area (Å²) in [6.07, 6.45) is 0. The van der Waals surface area contributed by atoms with E-state index in [9.17, 15) is 4.79 Å². The lowest BCUT2D eigenvalue weighted by Gasteiger charge is -2.07. The number of hydrogen-bond acceptors (Lipinski definition) is 5. The van der Waals surface area contributed by atoms with E-state index >= 15 is 0 Å². The summed E-state index contributed by atoms with van der Waals surface area (Å²) in [7, 11) is 1.54. The van der Waals surface area contributed by atoms with Crippen LogP contribution < -0.4 is 10.1 Å². The van der Waals surface area contributed by atoms with E-state index in [-0.39, 0.29) is 5.91 Å². The van der Waals surface area contributed by atoms with Crippen molar-refractivity contribution < 1.29 is 14.1 Å². The Morgan fingerprint density at radius 1 is 1.48 bits per heavy atom. The zero-order chi connectivity index (χ0) is 15.2. The van der Waals surface area contributed by atoms with Crippen molar-refractivity contribution in [3.05, 3.63) is 40.7 Å². The maximum atomic E-state index is 11.8. The average Bonchev–Trinajstić information content (AvgIpc) is 2.84. The lowest BCUT2D eigenvalue weighted by atomic mass is 10.3. The van der Waals surface area contributed by atoms with Crippen molar-refractivity contribution in [3.63, 3.8) is 0 Å². The van der Waals surface area contributed by atoms with E-state index < -0.39 is 0 Å². The Hall–Kier alpha value is -1.66. The highest BCUT2D eigenvalue weighted by Gasteiger charge is 2.07. The molecule has 1 aromatic carbocycles. The molecule has 2 aromatic rings. The SMILES string of the molecule is COc1ccc(NC(=O)CSCc2cc(C)no2)cc1Cl. The minimum Gasteiger partial charge on any atom is -0.495 e. The molecule has 112 valence electrons. The van der Waals surface area contributed by atoms with Gasteiger partial charge < -0.3 is 14.6 Å². The monoisotopic (exact) mass is 326 g/mol. The van der Waals surface area contributed by atoms with E-state index in [1.807, 2.05) is 13.0 Å². The molecule has 0 atom stereocenters. The summed E-state index contributed by atoms with van der Waals surface area (Å²) in [5, 5.41) is 7.03. The molecule has 1 amide bonds. The fourth-order valence-corrected chi connectivity index (χ4v) is 2.62. The van der Waals surface area contributed by atoms with Crippen molar-refractivity contribution >= 4 is 35.0 Å². The van der Waals surface area contributed by atoms with Gasteiger partial charge in [-0.1, -0.05) is 16.8 Å². The van der Waals surface area contributed by atoms with Gasteiger partial charge >= 0.3 is 0 Å². The largest absolute Gasteiger partial charge is 0.495 e. The summed E-state index contributed by atoms with van der Waals surface area (Å²) in [4.78, 5) is 11.8. The fraction of sp³-hybridized carbons (Fsp3) is 0.286. The van der Waals surface area contributed by atoms with Crippen molar-refractivity contribution in [2.24, 2.45) is 0 Å². The number of thioether (sulfide) groups is 1. The van der Waals surface area contributed by atoms with Gasteiger partial charge in [-0.3, -0.25) is 4.79 Å². The number of rotatable bonds is 6. The molecule has 0 radical (unpaired) electrons. The number of ether oxygens (including phenoxy) is 1. The first-order chi connectivity index (χ1) is 10.1. The first-order valence-electron chi connectivity index (χ1n) is 6.22. The van der Waals surface area contributed by atoms with Crippen molar-refractivity contribution in [3.8, 4) is 5.75 Å². The number of amides is 1. The predicted molar refractivity (Wildman–Crippen MR) is 84.0 cm³/mol. The highest BCUT2D eigenvalue weighted by atomic mass is 35.5. The summed E-state index contributed by atoms with van der Waals surface area (Å²) >= 11 is 7.45. The molecule has 1 N–H and O–H groups in total. The van der Waals surface area contributed by atoms with E-state index in [2.05, 4.69) is 10.5 Å². The fourth-order valence-electron chi connectivity index (χ4n) is 1.67. The lowest BCUT2D eigenvalue weighted by molar-refractivity contribution is -0.113. The minimum atomic E-state index is -0.0996. The van der Waals surface area contributed by atoms with Crippen LogP contribution in [-0.2, 0) is 10.5 Å². The summed E-state index contributed by atoms with van der Waals surface area (Å²) in [5.41, 5.74) is 1.48. The van der Waals surface area contributed by atoms with Crippen LogP contribution in [0.3, 0.4) is 0 Å². The third-order valence-electron chi connectivity index (χ3n) is 2.59. The normalized spacial score (nSPS) is 10.4. The summed E-state index contributed by atoms with van der Waals surface area (Å²) < 4.78 is 10.1. The molecule has 0 aliphatic heterocycles. The zero-order valence-electron chi connectivity index (χ0n) is 11.7. The minimum absolute atomic E-state index is 0.0996. The quantitative estimate of drug-likeness (QED) is 0.880. The van der Waals surface area contributed by atoms with E-state index in [1.54, 1.807) is 25.3 Å². The number of hydrogen-bond donors (Lipinski definition) is 1. The Bertz CT molecular complexity index is 630. The number of carbonyl (C=O) groups excluding carboxylic acids is 1. The van der Waals surface area contributed by atoms with E-state index in [1.165, 1.54) is 11.8 Å². The van der Waals surface area contributed by atoms with Gasteiger partial charge in [0.05, 0.1) is 29.3 Å². The average molecular weight is 327 g/mol. The standard InChI is InChI=1S/C14H15ClN2O3S/c1-9-5-11(20-17-9)7-21-8-14(18)16-10-3-4-13(19-2)12(15)6-10/h3-6H,7-8H2,1-2H3,(H,16,18). The van der Waals surface area contributed by atoms with Crippen LogP contribution in [0.1, 0.15) is 11.5 Å². The van der Waals surface area contributed by atoms with Crippen LogP contribution in [0.5, 0.6) is 5.75 Å². The first kappa shape index (κ1) is 15.7. The van der Waals surface area contributed by atoms with Crippen LogP contribution in [-0.4, -0.2) is 23.9 Å². The smallest absolute Gasteiger partial charge is 0.234 e. The molecule has 2 rings (SSSR count). The van der Waals surface area contributed by atoms with Crippen LogP contribution in [0.25, 0.3) is 0 Å². The Morgan fingerprint density at radius 3 is 2.90 bits per heavy atom. The maximum Gasteiger partial charge on any atom is 0.234 e. The molecule has 0 fully saturated rings. The number of benzene rings is 1. The maximum absolute atomic E-state index is 11.8. The molecule has 1 aromatic heterocycles. The third kappa shape index (κ3) is 4.68. The van der Waals surface area contributed by atoms with E-state index in [0.29, 0.717) is 28.0 Å². The van der Waals surface area contributed by atoms with Crippen molar-refractivity contribution in [1.82, 2.24) is 5.16 Å². The van der Waals surface area contributed by atoms with Gasteiger partial charge in [-0.05, 0) is 25.1 Å². The molecule has 0 bridgehead atoms. The number of methoxy groups -OCH3 is 1. The number of nitrogens with zero attached hydrogens (tertiary/aromatic N) is 1. The summed E-state index contributed by atoms with van der Waals surface area (Å²) in [6, 6.07) is 6.96. The molecule has 0 aliphatic rings. The van der Waals surface area contributed by atoms with Crippen LogP contribution in [0.15, 0.2) is 28.8 Å². The van der Waals surface area contributed by atoms with Gasteiger partial charge in [-0.25, -0.2) is 0 Å². The molecule has 0 saturated carbocycles. The molecule has 0 saturated heterocycles. The lowest BCUT2D eigenvalue weighted by Crippen LogP contribution is -2.14. The second kappa shape index (κ2) is 7.38. The highest BCUT2D eigenvalue weighted by Crippen LogP contribution is 2.27. The van der Waals surface area contributed by atoms with Crippen molar-refractivity contribution in [1.29, 1.82) is 0 Å². The number of aryl methyl sites for hydroxylation is 1. The van der Waals surface area contributed by atoms with Crippen LogP contribution in [0, 0.1) is 6.92 Å². The van der Waals surface area contributed by atoms with Gasteiger partial charge in [0.25, 0.3) is 0 Å². The highest BCUT2D eigenvalue weighted by molar-refractivity contribution is 7.99. The van der Waals surface area contributed by atoms with E-state index in [0.717, 1.165) is 11.5 Å². The molecular formula is C14H15ClN2O3S.